The van der Waals surface area contributed by atoms with E-state index >= 15 is 0 Å². The van der Waals surface area contributed by atoms with Crippen LogP contribution in [0, 0.1) is 0 Å². The van der Waals surface area contributed by atoms with Crippen molar-refractivity contribution in [2.45, 2.75) is 23.6 Å². The molecule has 0 aliphatic heterocycles. The van der Waals surface area contributed by atoms with E-state index in [1.807, 2.05) is 0 Å². The van der Waals surface area contributed by atoms with Crippen LogP contribution in [0.4, 0.5) is 11.4 Å². The van der Waals surface area contributed by atoms with Crippen LogP contribution in [-0.4, -0.2) is 47.2 Å². The van der Waals surface area contributed by atoms with Crippen LogP contribution in [0.5, 0.6) is 5.75 Å². The van der Waals surface area contributed by atoms with Crippen LogP contribution in [0.3, 0.4) is 0 Å². The first-order valence-electron chi connectivity index (χ1n) is 10.9. The number of halogens is 1. The van der Waals surface area contributed by atoms with E-state index in [0.717, 1.165) is 0 Å². The minimum atomic E-state index is -3.89. The highest BCUT2D eigenvalue weighted by atomic mass is 35.5. The van der Waals surface area contributed by atoms with Gasteiger partial charge in [-0.15, -0.1) is 0 Å². The van der Waals surface area contributed by atoms with Gasteiger partial charge >= 0.3 is 0 Å². The number of ether oxygens (including phenoxy) is 1. The normalized spacial score (nSPS) is 11.8. The number of hydrogen-bond donors (Lipinski definition) is 2. The summed E-state index contributed by atoms with van der Waals surface area (Å²) in [5.74, 6) is -0.298. The Morgan fingerprint density at radius 3 is 2.03 bits per heavy atom. The number of sulfonamides is 2. The molecule has 0 spiro atoms. The fourth-order valence-corrected chi connectivity index (χ4v) is 6.04. The minimum absolute atomic E-state index is 0.0111. The number of nitrogens with zero attached hydrogens (tertiary/aromatic N) is 1. The molecule has 192 valence electrons. The van der Waals surface area contributed by atoms with Crippen LogP contribution in [0.15, 0.2) is 76.5 Å². The first-order valence-corrected chi connectivity index (χ1v) is 14.2. The molecule has 0 aromatic heterocycles. The van der Waals surface area contributed by atoms with Gasteiger partial charge in [-0.25, -0.2) is 16.8 Å². The van der Waals surface area contributed by atoms with Gasteiger partial charge in [0.2, 0.25) is 10.0 Å². The second-order valence-electron chi connectivity index (χ2n) is 7.54. The molecule has 3 aromatic rings. The summed E-state index contributed by atoms with van der Waals surface area (Å²) >= 11 is 5.83. The quantitative estimate of drug-likeness (QED) is 0.384. The zero-order chi connectivity index (χ0) is 26.5. The molecule has 0 atom stereocenters. The van der Waals surface area contributed by atoms with Gasteiger partial charge < -0.3 is 10.1 Å². The number of nitrogens with one attached hydrogen (secondary N) is 2. The van der Waals surface area contributed by atoms with Gasteiger partial charge in [0.25, 0.3) is 15.9 Å². The molecule has 0 aliphatic carbocycles. The predicted octanol–water partition coefficient (Wildman–Crippen LogP) is 4.43. The fourth-order valence-electron chi connectivity index (χ4n) is 3.37. The summed E-state index contributed by atoms with van der Waals surface area (Å²) in [5, 5.41) is 3.12. The zero-order valence-electron chi connectivity index (χ0n) is 19.9. The number of amides is 1. The van der Waals surface area contributed by atoms with Crippen LogP contribution in [0.1, 0.15) is 24.2 Å². The average Bonchev–Trinajstić information content (AvgIpc) is 2.86. The zero-order valence-corrected chi connectivity index (χ0v) is 22.2. The SMILES string of the molecule is CCN(CC)S(=O)(=O)c1ccc(OC)c(NC(=O)c2ccc(S(=O)(=O)Nc3ccc(Cl)cc3)cc2)c1. The van der Waals surface area contributed by atoms with Gasteiger partial charge in [-0.1, -0.05) is 25.4 Å². The summed E-state index contributed by atoms with van der Waals surface area (Å²) in [6.07, 6.45) is 0. The van der Waals surface area contributed by atoms with Gasteiger partial charge in [0.1, 0.15) is 5.75 Å². The largest absolute Gasteiger partial charge is 0.495 e. The summed E-state index contributed by atoms with van der Waals surface area (Å²) in [6, 6.07) is 15.7. The molecule has 0 heterocycles. The summed E-state index contributed by atoms with van der Waals surface area (Å²) in [6.45, 7) is 4.08. The standard InChI is InChI=1S/C24H26ClN3O6S2/c1-4-28(5-2)36(32,33)21-14-15-23(34-3)22(16-21)26-24(29)17-6-12-20(13-7-17)35(30,31)27-19-10-8-18(25)9-11-19/h6-16,27H,4-5H2,1-3H3,(H,26,29). The molecule has 3 aromatic carbocycles. The molecule has 0 bridgehead atoms. The smallest absolute Gasteiger partial charge is 0.261 e. The molecule has 2 N–H and O–H groups in total. The maximum Gasteiger partial charge on any atom is 0.261 e. The van der Waals surface area contributed by atoms with Gasteiger partial charge in [0.05, 0.1) is 22.6 Å². The Hall–Kier alpha value is -3.12. The van der Waals surface area contributed by atoms with Crippen molar-refractivity contribution < 1.29 is 26.4 Å². The molecule has 0 radical (unpaired) electrons. The average molecular weight is 552 g/mol. The maximum atomic E-state index is 12.9. The van der Waals surface area contributed by atoms with Crippen molar-refractivity contribution in [3.63, 3.8) is 0 Å². The summed E-state index contributed by atoms with van der Waals surface area (Å²) < 4.78 is 60.1. The highest BCUT2D eigenvalue weighted by Gasteiger charge is 2.23. The van der Waals surface area contributed by atoms with Gasteiger partial charge in [-0.05, 0) is 66.7 Å². The van der Waals surface area contributed by atoms with Crippen molar-refractivity contribution in [2.75, 3.05) is 30.2 Å². The lowest BCUT2D eigenvalue weighted by Crippen LogP contribution is -2.30. The third kappa shape index (κ3) is 6.16. The molecule has 0 aliphatic rings. The molecular formula is C24H26ClN3O6S2. The van der Waals surface area contributed by atoms with Gasteiger partial charge in [0.15, 0.2) is 0 Å². The summed E-state index contributed by atoms with van der Waals surface area (Å²) in [7, 11) is -6.24. The molecule has 3 rings (SSSR count). The van der Waals surface area contributed by atoms with E-state index in [-0.39, 0.29) is 26.8 Å². The lowest BCUT2D eigenvalue weighted by molar-refractivity contribution is 0.102. The molecule has 0 saturated heterocycles. The van der Waals surface area contributed by atoms with Crippen LogP contribution in [0.2, 0.25) is 5.02 Å². The molecule has 0 unspecified atom stereocenters. The van der Waals surface area contributed by atoms with Gasteiger partial charge in [-0.2, -0.15) is 4.31 Å². The number of carbonyl (C=O) groups is 1. The van der Waals surface area contributed by atoms with E-state index in [4.69, 9.17) is 16.3 Å². The monoisotopic (exact) mass is 551 g/mol. The number of benzene rings is 3. The van der Waals surface area contributed by atoms with Crippen molar-refractivity contribution in [3.05, 3.63) is 77.3 Å². The van der Waals surface area contributed by atoms with Crippen molar-refractivity contribution >= 4 is 48.9 Å². The molecule has 0 fully saturated rings. The lowest BCUT2D eigenvalue weighted by atomic mass is 10.2. The highest BCUT2D eigenvalue weighted by molar-refractivity contribution is 7.92. The lowest BCUT2D eigenvalue weighted by Gasteiger charge is -2.19. The Morgan fingerprint density at radius 1 is 0.889 bits per heavy atom. The van der Waals surface area contributed by atoms with Gasteiger partial charge in [-0.3, -0.25) is 9.52 Å². The third-order valence-corrected chi connectivity index (χ3v) is 8.98. The van der Waals surface area contributed by atoms with Crippen LogP contribution < -0.4 is 14.8 Å². The van der Waals surface area contributed by atoms with Crippen molar-refractivity contribution in [3.8, 4) is 5.75 Å². The minimum Gasteiger partial charge on any atom is -0.495 e. The molecule has 0 saturated carbocycles. The number of carbonyl (C=O) groups excluding carboxylic acids is 1. The van der Waals surface area contributed by atoms with Crippen LogP contribution in [-0.2, 0) is 20.0 Å². The van der Waals surface area contributed by atoms with Crippen LogP contribution in [0.25, 0.3) is 0 Å². The van der Waals surface area contributed by atoms with Crippen LogP contribution >= 0.6 is 11.6 Å². The second kappa shape index (κ2) is 11.3. The van der Waals surface area contributed by atoms with Gasteiger partial charge in [0, 0.05) is 29.4 Å². The van der Waals surface area contributed by atoms with E-state index in [2.05, 4.69) is 10.0 Å². The van der Waals surface area contributed by atoms with E-state index in [9.17, 15) is 21.6 Å². The Kier molecular flexibility index (Phi) is 8.62. The molecule has 9 nitrogen and oxygen atoms in total. The fraction of sp³-hybridized carbons (Fsp3) is 0.208. The molecule has 36 heavy (non-hydrogen) atoms. The molecule has 12 heteroatoms. The van der Waals surface area contributed by atoms with E-state index in [1.165, 1.54) is 66.0 Å². The Morgan fingerprint density at radius 2 is 1.47 bits per heavy atom. The first kappa shape index (κ1) is 27.5. The molecule has 1 amide bonds. The van der Waals surface area contributed by atoms with Crippen molar-refractivity contribution in [2.24, 2.45) is 0 Å². The Balaban J connectivity index is 1.82. The summed E-state index contributed by atoms with van der Waals surface area (Å²) in [4.78, 5) is 12.8. The Labute approximate surface area is 216 Å². The van der Waals surface area contributed by atoms with Crippen molar-refractivity contribution in [1.82, 2.24) is 4.31 Å². The van der Waals surface area contributed by atoms with E-state index < -0.39 is 26.0 Å². The third-order valence-electron chi connectivity index (χ3n) is 5.29. The predicted molar refractivity (Wildman–Crippen MR) is 140 cm³/mol. The molecular weight excluding hydrogens is 526 g/mol. The number of methoxy groups -OCH3 is 1. The highest BCUT2D eigenvalue weighted by Crippen LogP contribution is 2.29. The summed E-state index contributed by atoms with van der Waals surface area (Å²) in [5.41, 5.74) is 0.671. The second-order valence-corrected chi connectivity index (χ2v) is 11.6. The number of hydrogen-bond acceptors (Lipinski definition) is 6. The number of anilines is 2. The topological polar surface area (TPSA) is 122 Å². The van der Waals surface area contributed by atoms with E-state index in [0.29, 0.717) is 23.8 Å². The maximum absolute atomic E-state index is 12.9. The van der Waals surface area contributed by atoms with E-state index in [1.54, 1.807) is 26.0 Å². The Bertz CT molecular complexity index is 1440. The first-order chi connectivity index (χ1) is 17.0. The number of rotatable bonds is 10. The van der Waals surface area contributed by atoms with Crippen molar-refractivity contribution in [1.29, 1.82) is 0 Å².